The van der Waals surface area contributed by atoms with Gasteiger partial charge in [-0.05, 0) is 67.0 Å². The number of hydrogen-bond acceptors (Lipinski definition) is 6. The van der Waals surface area contributed by atoms with Crippen molar-refractivity contribution in [3.8, 4) is 0 Å². The third-order valence-corrected chi connectivity index (χ3v) is 9.35. The Morgan fingerprint density at radius 1 is 0.841 bits per heavy atom. The van der Waals surface area contributed by atoms with Crippen molar-refractivity contribution in [2.45, 2.75) is 39.2 Å². The number of nitrogens with one attached hydrogen (secondary N) is 1. The van der Waals surface area contributed by atoms with Gasteiger partial charge in [-0.25, -0.2) is 4.79 Å². The Morgan fingerprint density at radius 3 is 2.45 bits per heavy atom. The van der Waals surface area contributed by atoms with Gasteiger partial charge in [-0.15, -0.1) is 0 Å². The van der Waals surface area contributed by atoms with Gasteiger partial charge in [0.2, 0.25) is 0 Å². The van der Waals surface area contributed by atoms with E-state index in [-0.39, 0.29) is 28.9 Å². The van der Waals surface area contributed by atoms with E-state index in [1.807, 2.05) is 39.8 Å². The summed E-state index contributed by atoms with van der Waals surface area (Å²) in [6.45, 7) is 7.72. The van der Waals surface area contributed by atoms with Gasteiger partial charge in [-0.1, -0.05) is 38.1 Å². The highest BCUT2D eigenvalue weighted by Crippen LogP contribution is 2.39. The molecule has 9 nitrogen and oxygen atoms in total. The van der Waals surface area contributed by atoms with Crippen molar-refractivity contribution >= 4 is 34.2 Å². The summed E-state index contributed by atoms with van der Waals surface area (Å²) in [5.74, 6) is 0.581. The quantitative estimate of drug-likeness (QED) is 0.337. The van der Waals surface area contributed by atoms with E-state index >= 15 is 0 Å². The number of fused-ring (bicyclic) bond motifs is 5. The molecule has 2 saturated heterocycles. The molecule has 3 aliphatic heterocycles. The summed E-state index contributed by atoms with van der Waals surface area (Å²) in [7, 11) is 0. The molecule has 0 aliphatic carbocycles. The Hall–Kier alpha value is -4.66. The Kier molecular flexibility index (Phi) is 7.11. The molecule has 226 valence electrons. The molecule has 7 rings (SSSR count). The summed E-state index contributed by atoms with van der Waals surface area (Å²) in [5, 5.41) is 3.62. The maximum Gasteiger partial charge on any atom is 0.349 e. The highest BCUT2D eigenvalue weighted by atomic mass is 16.4. The minimum atomic E-state index is -0.721. The van der Waals surface area contributed by atoms with Gasteiger partial charge in [0.15, 0.2) is 0 Å². The van der Waals surface area contributed by atoms with Crippen LogP contribution in [0.5, 0.6) is 0 Å². The van der Waals surface area contributed by atoms with Crippen LogP contribution in [0.4, 0.5) is 11.4 Å². The van der Waals surface area contributed by atoms with Crippen LogP contribution in [0.25, 0.3) is 11.0 Å². The monoisotopic (exact) mass is 592 g/mol. The molecule has 2 bridgehead atoms. The summed E-state index contributed by atoms with van der Waals surface area (Å²) in [5.41, 5.74) is 2.38. The second-order valence-corrected chi connectivity index (χ2v) is 12.9. The SMILES string of the molecule is C[C@@H]1C[C@@H](C)CN(C(=O)c2ccc(N3C[C@H]4C[C@@H](C3)c3cccc(=O)n3C4)c(NC(=O)c3cc4ccccc4oc3=O)c2)C1. The minimum absolute atomic E-state index is 0.0250. The first-order valence-corrected chi connectivity index (χ1v) is 15.5. The van der Waals surface area contributed by atoms with Crippen LogP contribution in [0.3, 0.4) is 0 Å². The summed E-state index contributed by atoms with van der Waals surface area (Å²) in [6, 6.07) is 19.5. The van der Waals surface area contributed by atoms with Crippen LogP contribution in [-0.2, 0) is 6.54 Å². The first-order chi connectivity index (χ1) is 21.2. The number of para-hydroxylation sites is 1. The van der Waals surface area contributed by atoms with Crippen LogP contribution >= 0.6 is 0 Å². The average molecular weight is 593 g/mol. The predicted molar refractivity (Wildman–Crippen MR) is 169 cm³/mol. The lowest BCUT2D eigenvalue weighted by Gasteiger charge is -2.44. The van der Waals surface area contributed by atoms with Crippen LogP contribution in [0.1, 0.15) is 59.0 Å². The van der Waals surface area contributed by atoms with E-state index in [9.17, 15) is 19.2 Å². The van der Waals surface area contributed by atoms with E-state index in [0.29, 0.717) is 66.8 Å². The second kappa shape index (κ2) is 11.1. The van der Waals surface area contributed by atoms with Gasteiger partial charge in [0.1, 0.15) is 11.1 Å². The van der Waals surface area contributed by atoms with Gasteiger partial charge < -0.3 is 24.1 Å². The summed E-state index contributed by atoms with van der Waals surface area (Å²) >= 11 is 0. The van der Waals surface area contributed by atoms with E-state index < -0.39 is 11.5 Å². The number of amides is 2. The number of anilines is 2. The van der Waals surface area contributed by atoms with Crippen molar-refractivity contribution in [2.24, 2.45) is 17.8 Å². The van der Waals surface area contributed by atoms with Gasteiger partial charge in [0.25, 0.3) is 17.4 Å². The fourth-order valence-corrected chi connectivity index (χ4v) is 7.56. The maximum absolute atomic E-state index is 13.7. The third-order valence-electron chi connectivity index (χ3n) is 9.35. The Bertz CT molecular complexity index is 1880. The van der Waals surface area contributed by atoms with Crippen molar-refractivity contribution < 1.29 is 14.0 Å². The fourth-order valence-electron chi connectivity index (χ4n) is 7.56. The molecule has 2 amide bonds. The molecule has 0 saturated carbocycles. The highest BCUT2D eigenvalue weighted by molar-refractivity contribution is 6.08. The predicted octanol–water partition coefficient (Wildman–Crippen LogP) is 4.95. The zero-order valence-corrected chi connectivity index (χ0v) is 25.0. The van der Waals surface area contributed by atoms with E-state index in [0.717, 1.165) is 24.2 Å². The zero-order valence-electron chi connectivity index (χ0n) is 25.0. The number of pyridine rings is 1. The van der Waals surface area contributed by atoms with Gasteiger partial charge >= 0.3 is 5.63 Å². The van der Waals surface area contributed by atoms with Gasteiger partial charge in [0, 0.05) is 61.4 Å². The van der Waals surface area contributed by atoms with Crippen LogP contribution in [0, 0.1) is 17.8 Å². The molecule has 9 heteroatoms. The number of carbonyl (C=O) groups excluding carboxylic acids is 2. The van der Waals surface area contributed by atoms with E-state index in [4.69, 9.17) is 4.42 Å². The van der Waals surface area contributed by atoms with Crippen LogP contribution in [0.15, 0.2) is 80.7 Å². The molecule has 44 heavy (non-hydrogen) atoms. The Labute approximate surface area is 255 Å². The molecule has 2 aromatic carbocycles. The van der Waals surface area contributed by atoms with Crippen LogP contribution in [-0.4, -0.2) is 47.5 Å². The van der Waals surface area contributed by atoms with Crippen molar-refractivity contribution in [2.75, 3.05) is 36.4 Å². The largest absolute Gasteiger partial charge is 0.422 e. The Morgan fingerprint density at radius 2 is 1.64 bits per heavy atom. The number of benzene rings is 2. The summed E-state index contributed by atoms with van der Waals surface area (Å²) < 4.78 is 7.33. The number of piperidine rings is 2. The van der Waals surface area contributed by atoms with Crippen LogP contribution in [0.2, 0.25) is 0 Å². The van der Waals surface area contributed by atoms with Gasteiger partial charge in [0.05, 0.1) is 11.4 Å². The molecule has 3 aliphatic rings. The number of rotatable bonds is 4. The normalized spacial score (nSPS) is 22.9. The smallest absolute Gasteiger partial charge is 0.349 e. The van der Waals surface area contributed by atoms with Crippen molar-refractivity contribution in [3.63, 3.8) is 0 Å². The lowest BCUT2D eigenvalue weighted by molar-refractivity contribution is 0.0623. The lowest BCUT2D eigenvalue weighted by Crippen LogP contribution is -2.47. The number of aromatic nitrogens is 1. The molecule has 1 N–H and O–H groups in total. The molecule has 2 aromatic heterocycles. The molecule has 5 heterocycles. The van der Waals surface area contributed by atoms with Gasteiger partial charge in [-0.2, -0.15) is 0 Å². The van der Waals surface area contributed by atoms with Crippen molar-refractivity contribution in [1.29, 1.82) is 0 Å². The summed E-state index contributed by atoms with van der Waals surface area (Å²) in [6.07, 6.45) is 2.08. The number of hydrogen-bond donors (Lipinski definition) is 1. The molecule has 0 spiro atoms. The molecular weight excluding hydrogens is 556 g/mol. The Balaban J connectivity index is 1.25. The minimum Gasteiger partial charge on any atom is -0.422 e. The highest BCUT2D eigenvalue weighted by Gasteiger charge is 2.36. The molecule has 2 fully saturated rings. The molecule has 4 atom stereocenters. The lowest BCUT2D eigenvalue weighted by atomic mass is 9.83. The van der Waals surface area contributed by atoms with Crippen molar-refractivity contribution in [1.82, 2.24) is 9.47 Å². The van der Waals surface area contributed by atoms with Crippen molar-refractivity contribution in [3.05, 3.63) is 104 Å². The maximum atomic E-state index is 13.7. The molecule has 4 aromatic rings. The number of nitrogens with zero attached hydrogens (tertiary/aromatic N) is 3. The van der Waals surface area contributed by atoms with Crippen LogP contribution < -0.4 is 21.4 Å². The third kappa shape index (κ3) is 5.20. The fraction of sp³-hybridized carbons (Fsp3) is 0.371. The second-order valence-electron chi connectivity index (χ2n) is 12.9. The molecule has 0 unspecified atom stereocenters. The first-order valence-electron chi connectivity index (χ1n) is 15.5. The molecule has 0 radical (unpaired) electrons. The van der Waals surface area contributed by atoms with E-state index in [1.54, 1.807) is 36.4 Å². The molecular formula is C35H36N4O5. The number of carbonyl (C=O) groups is 2. The first kappa shape index (κ1) is 28.1. The van der Waals surface area contributed by atoms with E-state index in [2.05, 4.69) is 24.1 Å². The summed E-state index contributed by atoms with van der Waals surface area (Å²) in [4.78, 5) is 56.9. The average Bonchev–Trinajstić information content (AvgIpc) is 3.00. The zero-order chi connectivity index (χ0) is 30.5. The number of likely N-dealkylation sites (tertiary alicyclic amines) is 1. The van der Waals surface area contributed by atoms with E-state index in [1.165, 1.54) is 0 Å². The van der Waals surface area contributed by atoms with Gasteiger partial charge in [-0.3, -0.25) is 14.4 Å². The topological polar surface area (TPSA) is 105 Å². The standard InChI is InChI=1S/C35H36N4O5/c1-21-12-22(2)17-38(16-21)34(42)25-10-11-30(37-18-23-13-26(20-37)29-7-5-9-32(40)39(29)19-23)28(15-25)36-33(41)27-14-24-6-3-4-8-31(24)44-35(27)43/h3-11,14-15,21-23,26H,12-13,16-20H2,1-2H3,(H,36,41)/t21-,22-,23-,26+/m1/s1.